The summed E-state index contributed by atoms with van der Waals surface area (Å²) in [4.78, 5) is 22.4. The van der Waals surface area contributed by atoms with Crippen molar-refractivity contribution in [3.05, 3.63) is 107 Å². The van der Waals surface area contributed by atoms with Crippen LogP contribution in [0.15, 0.2) is 84.9 Å². The van der Waals surface area contributed by atoms with Crippen molar-refractivity contribution in [2.24, 2.45) is 5.73 Å². The fourth-order valence-corrected chi connectivity index (χ4v) is 4.78. The summed E-state index contributed by atoms with van der Waals surface area (Å²) in [6, 6.07) is 25.8. The SMILES string of the molecule is CNC(=O)COc1ccc(C(N)c2ccc(OC)cc2OC)cc1.CNC(=O)COc1ccc(C(NC)c2ccc(OC)cc2OC)cc1. The number of carbonyl (C=O) groups excluding carboxylic acids is 2. The summed E-state index contributed by atoms with van der Waals surface area (Å²) in [5, 5.41) is 8.32. The fraction of sp³-hybridized carbons (Fsp3) is 0.297. The first-order valence-corrected chi connectivity index (χ1v) is 15.4. The molecule has 0 saturated carbocycles. The van der Waals surface area contributed by atoms with E-state index in [1.807, 2.05) is 73.8 Å². The van der Waals surface area contributed by atoms with E-state index in [0.717, 1.165) is 33.8 Å². The Morgan fingerprint density at radius 3 is 1.39 bits per heavy atom. The summed E-state index contributed by atoms with van der Waals surface area (Å²) < 4.78 is 32.2. The molecule has 0 fully saturated rings. The number of ether oxygens (including phenoxy) is 6. The summed E-state index contributed by atoms with van der Waals surface area (Å²) in [7, 11) is 11.5. The van der Waals surface area contributed by atoms with E-state index in [9.17, 15) is 9.59 Å². The van der Waals surface area contributed by atoms with E-state index >= 15 is 0 Å². The summed E-state index contributed by atoms with van der Waals surface area (Å²) in [6.45, 7) is -0.0220. The van der Waals surface area contributed by atoms with E-state index in [1.54, 1.807) is 60.7 Å². The van der Waals surface area contributed by atoms with Crippen LogP contribution in [-0.2, 0) is 9.59 Å². The molecule has 0 spiro atoms. The Bertz CT molecular complexity index is 1630. The van der Waals surface area contributed by atoms with Gasteiger partial charge in [-0.3, -0.25) is 9.59 Å². The first kappa shape index (κ1) is 38.0. The van der Waals surface area contributed by atoms with E-state index in [4.69, 9.17) is 34.2 Å². The molecule has 4 rings (SSSR count). The smallest absolute Gasteiger partial charge is 0.257 e. The van der Waals surface area contributed by atoms with Crippen LogP contribution < -0.4 is 50.1 Å². The molecule has 4 aromatic rings. The third-order valence-electron chi connectivity index (χ3n) is 7.57. The predicted molar refractivity (Wildman–Crippen MR) is 188 cm³/mol. The molecule has 262 valence electrons. The zero-order valence-corrected chi connectivity index (χ0v) is 29.0. The third-order valence-corrected chi connectivity index (χ3v) is 7.57. The average molecular weight is 675 g/mol. The number of rotatable bonds is 15. The highest BCUT2D eigenvalue weighted by Crippen LogP contribution is 2.34. The van der Waals surface area contributed by atoms with Gasteiger partial charge in [-0.05, 0) is 66.7 Å². The van der Waals surface area contributed by atoms with Crippen LogP contribution in [0.5, 0.6) is 34.5 Å². The van der Waals surface area contributed by atoms with Crippen molar-refractivity contribution in [1.29, 1.82) is 0 Å². The maximum absolute atomic E-state index is 11.2. The number of hydrogen-bond donors (Lipinski definition) is 4. The molecular weight excluding hydrogens is 628 g/mol. The van der Waals surface area contributed by atoms with E-state index in [0.29, 0.717) is 23.0 Å². The summed E-state index contributed by atoms with van der Waals surface area (Å²) in [5.41, 5.74) is 10.2. The van der Waals surface area contributed by atoms with Gasteiger partial charge in [0.2, 0.25) is 0 Å². The predicted octanol–water partition coefficient (Wildman–Crippen LogP) is 4.01. The Morgan fingerprint density at radius 1 is 0.571 bits per heavy atom. The van der Waals surface area contributed by atoms with Crippen LogP contribution in [0.1, 0.15) is 34.3 Å². The lowest BCUT2D eigenvalue weighted by atomic mass is 9.97. The van der Waals surface area contributed by atoms with E-state index in [1.165, 1.54) is 0 Å². The van der Waals surface area contributed by atoms with Crippen molar-refractivity contribution < 1.29 is 38.0 Å². The second-order valence-corrected chi connectivity index (χ2v) is 10.5. The third kappa shape index (κ3) is 10.8. The van der Waals surface area contributed by atoms with Crippen LogP contribution in [-0.4, -0.2) is 74.6 Å². The lowest BCUT2D eigenvalue weighted by Gasteiger charge is -2.20. The van der Waals surface area contributed by atoms with Gasteiger partial charge in [0.1, 0.15) is 34.5 Å². The number of nitrogens with two attached hydrogens (primary N) is 1. The Hall–Kier alpha value is -5.46. The first-order chi connectivity index (χ1) is 23.7. The minimum absolute atomic E-state index is 0.00238. The second-order valence-electron chi connectivity index (χ2n) is 10.5. The normalized spacial score (nSPS) is 11.5. The number of amides is 2. The lowest BCUT2D eigenvalue weighted by Crippen LogP contribution is -2.24. The van der Waals surface area contributed by atoms with Gasteiger partial charge in [-0.25, -0.2) is 0 Å². The zero-order chi connectivity index (χ0) is 35.8. The number of benzene rings is 4. The van der Waals surface area contributed by atoms with Crippen molar-refractivity contribution in [2.75, 3.05) is 62.8 Å². The number of hydrogen-bond acceptors (Lipinski definition) is 10. The molecule has 2 atom stereocenters. The summed E-state index contributed by atoms with van der Waals surface area (Å²) >= 11 is 0. The van der Waals surface area contributed by atoms with Crippen LogP contribution in [0.25, 0.3) is 0 Å². The first-order valence-electron chi connectivity index (χ1n) is 15.4. The molecule has 0 radical (unpaired) electrons. The van der Waals surface area contributed by atoms with Crippen LogP contribution in [0.2, 0.25) is 0 Å². The van der Waals surface area contributed by atoms with E-state index in [2.05, 4.69) is 16.0 Å². The van der Waals surface area contributed by atoms with Crippen molar-refractivity contribution in [2.45, 2.75) is 12.1 Å². The fourth-order valence-electron chi connectivity index (χ4n) is 4.78. The number of methoxy groups -OCH3 is 4. The van der Waals surface area contributed by atoms with E-state index in [-0.39, 0.29) is 37.1 Å². The lowest BCUT2D eigenvalue weighted by molar-refractivity contribution is -0.123. The molecular formula is C37H46N4O8. The highest BCUT2D eigenvalue weighted by molar-refractivity contribution is 5.77. The van der Waals surface area contributed by atoms with Gasteiger partial charge in [-0.1, -0.05) is 24.3 Å². The molecule has 0 saturated heterocycles. The molecule has 49 heavy (non-hydrogen) atoms. The number of nitrogens with one attached hydrogen (secondary N) is 3. The summed E-state index contributed by atoms with van der Waals surface area (Å²) in [6.07, 6.45) is 0. The molecule has 0 aliphatic heterocycles. The second kappa shape index (κ2) is 19.4. The van der Waals surface area contributed by atoms with Crippen molar-refractivity contribution in [3.8, 4) is 34.5 Å². The largest absolute Gasteiger partial charge is 0.497 e. The standard InChI is InChI=1S/C19H24N2O4.C18H22N2O4/c1-20-18(22)12-25-14-7-5-13(6-8-14)19(21-2)16-10-9-15(23-3)11-17(16)24-4;1-20-17(21)11-24-13-6-4-12(5-7-13)18(19)15-9-8-14(22-2)10-16(15)23-3/h5-11,19,21H,12H2,1-4H3,(H,20,22);4-10,18H,11,19H2,1-3H3,(H,20,21). The molecule has 5 N–H and O–H groups in total. The molecule has 0 bridgehead atoms. The molecule has 2 amide bonds. The Balaban J connectivity index is 0.000000266. The maximum Gasteiger partial charge on any atom is 0.257 e. The average Bonchev–Trinajstić information content (AvgIpc) is 3.16. The molecule has 0 heterocycles. The highest BCUT2D eigenvalue weighted by atomic mass is 16.5. The maximum atomic E-state index is 11.2. The monoisotopic (exact) mass is 674 g/mol. The molecule has 0 aliphatic carbocycles. The van der Waals surface area contributed by atoms with Gasteiger partial charge in [0.05, 0.1) is 40.5 Å². The van der Waals surface area contributed by atoms with Gasteiger partial charge in [-0.2, -0.15) is 0 Å². The van der Waals surface area contributed by atoms with E-state index < -0.39 is 0 Å². The minimum atomic E-state index is -0.348. The Kier molecular flexibility index (Phi) is 15.0. The topological polar surface area (TPSA) is 152 Å². The Morgan fingerprint density at radius 2 is 0.980 bits per heavy atom. The van der Waals surface area contributed by atoms with Crippen molar-refractivity contribution >= 4 is 11.8 Å². The Labute approximate surface area is 287 Å². The van der Waals surface area contributed by atoms with Gasteiger partial charge < -0.3 is 50.1 Å². The van der Waals surface area contributed by atoms with Gasteiger partial charge in [0, 0.05) is 37.4 Å². The molecule has 12 nitrogen and oxygen atoms in total. The number of carbonyl (C=O) groups is 2. The van der Waals surface area contributed by atoms with Gasteiger partial charge in [-0.15, -0.1) is 0 Å². The molecule has 4 aromatic carbocycles. The number of likely N-dealkylation sites (N-methyl/N-ethyl adjacent to an activating group) is 2. The molecule has 2 unspecified atom stereocenters. The van der Waals surface area contributed by atoms with Crippen molar-refractivity contribution in [1.82, 2.24) is 16.0 Å². The van der Waals surface area contributed by atoms with Gasteiger partial charge in [0.25, 0.3) is 11.8 Å². The quantitative estimate of drug-likeness (QED) is 0.146. The molecule has 12 heteroatoms. The van der Waals surface area contributed by atoms with Crippen LogP contribution >= 0.6 is 0 Å². The highest BCUT2D eigenvalue weighted by Gasteiger charge is 2.18. The summed E-state index contributed by atoms with van der Waals surface area (Å²) in [5.74, 6) is 3.77. The van der Waals surface area contributed by atoms with Crippen molar-refractivity contribution in [3.63, 3.8) is 0 Å². The minimum Gasteiger partial charge on any atom is -0.497 e. The van der Waals surface area contributed by atoms with Crippen LogP contribution in [0, 0.1) is 0 Å². The molecule has 0 aliphatic rings. The van der Waals surface area contributed by atoms with Crippen LogP contribution in [0.4, 0.5) is 0 Å². The molecule has 0 aromatic heterocycles. The zero-order valence-electron chi connectivity index (χ0n) is 29.0. The van der Waals surface area contributed by atoms with Gasteiger partial charge >= 0.3 is 0 Å². The van der Waals surface area contributed by atoms with Crippen LogP contribution in [0.3, 0.4) is 0 Å². The van der Waals surface area contributed by atoms with Gasteiger partial charge in [0.15, 0.2) is 13.2 Å².